The number of likely N-dealkylation sites (N-methyl/N-ethyl adjacent to an activating group) is 1. The fourth-order valence-corrected chi connectivity index (χ4v) is 2.27. The Kier molecular flexibility index (Phi) is 5.52. The molecule has 0 aliphatic rings. The molecule has 0 saturated heterocycles. The Bertz CT molecular complexity index is 581. The minimum absolute atomic E-state index is 0.0509. The topological polar surface area (TPSA) is 32.3 Å². The molecule has 2 aromatic rings. The summed E-state index contributed by atoms with van der Waals surface area (Å²) in [6.45, 7) is 3.82. The second-order valence-corrected chi connectivity index (χ2v) is 5.42. The van der Waals surface area contributed by atoms with Gasteiger partial charge in [0.2, 0.25) is 5.91 Å². The summed E-state index contributed by atoms with van der Waals surface area (Å²) in [6, 6.07) is 18.4. The molecule has 0 unspecified atom stereocenters. The van der Waals surface area contributed by atoms with Crippen molar-refractivity contribution in [3.05, 3.63) is 71.3 Å². The molecule has 3 nitrogen and oxygen atoms in total. The number of benzene rings is 2. The quantitative estimate of drug-likeness (QED) is 0.883. The van der Waals surface area contributed by atoms with E-state index in [1.165, 1.54) is 11.1 Å². The maximum absolute atomic E-state index is 11.9. The van der Waals surface area contributed by atoms with E-state index in [0.29, 0.717) is 13.1 Å². The van der Waals surface area contributed by atoms with Gasteiger partial charge in [-0.05, 0) is 25.1 Å². The average Bonchev–Trinajstić information content (AvgIpc) is 2.46. The maximum atomic E-state index is 11.9. The number of nitrogens with one attached hydrogen (secondary N) is 1. The third-order valence-corrected chi connectivity index (χ3v) is 3.28. The van der Waals surface area contributed by atoms with Crippen LogP contribution >= 0.6 is 0 Å². The first-order chi connectivity index (χ1) is 10.1. The molecule has 0 fully saturated rings. The number of amides is 1. The molecule has 3 heteroatoms. The van der Waals surface area contributed by atoms with Crippen molar-refractivity contribution in [3.8, 4) is 0 Å². The number of carbonyl (C=O) groups is 1. The molecule has 0 spiro atoms. The lowest BCUT2D eigenvalue weighted by atomic mass is 10.1. The van der Waals surface area contributed by atoms with Crippen molar-refractivity contribution in [2.75, 3.05) is 13.6 Å². The van der Waals surface area contributed by atoms with Gasteiger partial charge in [0, 0.05) is 13.1 Å². The Hall–Kier alpha value is -2.13. The van der Waals surface area contributed by atoms with Crippen LogP contribution in [0.4, 0.5) is 0 Å². The van der Waals surface area contributed by atoms with Gasteiger partial charge in [0.15, 0.2) is 0 Å². The summed E-state index contributed by atoms with van der Waals surface area (Å²) in [5, 5.41) is 2.96. The molecule has 0 saturated carbocycles. The SMILES string of the molecule is Cc1cccc(CNC(=O)CN(C)Cc2ccccc2)c1. The van der Waals surface area contributed by atoms with E-state index in [2.05, 4.69) is 36.5 Å². The molecule has 0 atom stereocenters. The van der Waals surface area contributed by atoms with Crippen LogP contribution in [0, 0.1) is 6.92 Å². The molecule has 0 aromatic heterocycles. The number of nitrogens with zero attached hydrogens (tertiary/aromatic N) is 1. The molecule has 0 bridgehead atoms. The molecule has 110 valence electrons. The van der Waals surface area contributed by atoms with E-state index in [1.54, 1.807) is 0 Å². The summed E-state index contributed by atoms with van der Waals surface area (Å²) in [7, 11) is 1.96. The standard InChI is InChI=1S/C18H22N2O/c1-15-7-6-10-17(11-15)12-19-18(21)14-20(2)13-16-8-4-3-5-9-16/h3-11H,12-14H2,1-2H3,(H,19,21). The van der Waals surface area contributed by atoms with Crippen LogP contribution in [0.25, 0.3) is 0 Å². The van der Waals surface area contributed by atoms with E-state index < -0.39 is 0 Å². The van der Waals surface area contributed by atoms with Gasteiger partial charge in [-0.2, -0.15) is 0 Å². The number of rotatable bonds is 6. The number of aryl methyl sites for hydroxylation is 1. The summed E-state index contributed by atoms with van der Waals surface area (Å²) >= 11 is 0. The molecule has 2 rings (SSSR count). The van der Waals surface area contributed by atoms with Gasteiger partial charge in [-0.15, -0.1) is 0 Å². The van der Waals surface area contributed by atoms with Crippen LogP contribution in [-0.2, 0) is 17.9 Å². The molecular formula is C18H22N2O. The molecule has 0 aliphatic heterocycles. The molecule has 1 N–H and O–H groups in total. The smallest absolute Gasteiger partial charge is 0.234 e. The van der Waals surface area contributed by atoms with Gasteiger partial charge >= 0.3 is 0 Å². The Morgan fingerprint density at radius 2 is 1.76 bits per heavy atom. The van der Waals surface area contributed by atoms with E-state index in [9.17, 15) is 4.79 Å². The molecule has 0 aliphatic carbocycles. The predicted molar refractivity (Wildman–Crippen MR) is 85.8 cm³/mol. The van der Waals surface area contributed by atoms with E-state index >= 15 is 0 Å². The number of hydrogen-bond donors (Lipinski definition) is 1. The number of hydrogen-bond acceptors (Lipinski definition) is 2. The molecule has 2 aromatic carbocycles. The molecule has 0 heterocycles. The third kappa shape index (κ3) is 5.40. The van der Waals surface area contributed by atoms with Crippen LogP contribution in [0.5, 0.6) is 0 Å². The molecule has 0 radical (unpaired) electrons. The van der Waals surface area contributed by atoms with Gasteiger partial charge in [0.05, 0.1) is 6.54 Å². The highest BCUT2D eigenvalue weighted by Crippen LogP contribution is 2.04. The third-order valence-electron chi connectivity index (χ3n) is 3.28. The normalized spacial score (nSPS) is 10.6. The zero-order valence-corrected chi connectivity index (χ0v) is 12.7. The van der Waals surface area contributed by atoms with Crippen molar-refractivity contribution < 1.29 is 4.79 Å². The fraction of sp³-hybridized carbons (Fsp3) is 0.278. The van der Waals surface area contributed by atoms with Crippen molar-refractivity contribution in [2.45, 2.75) is 20.0 Å². The van der Waals surface area contributed by atoms with Gasteiger partial charge in [0.25, 0.3) is 0 Å². The first-order valence-corrected chi connectivity index (χ1v) is 7.18. The Morgan fingerprint density at radius 1 is 1.05 bits per heavy atom. The van der Waals surface area contributed by atoms with Crippen LogP contribution in [0.15, 0.2) is 54.6 Å². The lowest BCUT2D eigenvalue weighted by Gasteiger charge is -2.16. The van der Waals surface area contributed by atoms with Gasteiger partial charge < -0.3 is 5.32 Å². The van der Waals surface area contributed by atoms with E-state index in [0.717, 1.165) is 12.1 Å². The largest absolute Gasteiger partial charge is 0.351 e. The fourth-order valence-electron chi connectivity index (χ4n) is 2.27. The Morgan fingerprint density at radius 3 is 2.48 bits per heavy atom. The maximum Gasteiger partial charge on any atom is 0.234 e. The van der Waals surface area contributed by atoms with Crippen molar-refractivity contribution in [1.82, 2.24) is 10.2 Å². The summed E-state index contributed by atoms with van der Waals surface area (Å²) in [5.41, 5.74) is 3.56. The van der Waals surface area contributed by atoms with Crippen molar-refractivity contribution in [2.24, 2.45) is 0 Å². The first-order valence-electron chi connectivity index (χ1n) is 7.18. The van der Waals surface area contributed by atoms with Crippen LogP contribution in [0.2, 0.25) is 0 Å². The van der Waals surface area contributed by atoms with Crippen LogP contribution in [0.3, 0.4) is 0 Å². The first kappa shape index (κ1) is 15.3. The highest BCUT2D eigenvalue weighted by atomic mass is 16.2. The minimum atomic E-state index is 0.0509. The monoisotopic (exact) mass is 282 g/mol. The second kappa shape index (κ2) is 7.60. The van der Waals surface area contributed by atoms with E-state index in [4.69, 9.17) is 0 Å². The molecular weight excluding hydrogens is 260 g/mol. The van der Waals surface area contributed by atoms with Gasteiger partial charge in [-0.1, -0.05) is 60.2 Å². The predicted octanol–water partition coefficient (Wildman–Crippen LogP) is 2.74. The van der Waals surface area contributed by atoms with Gasteiger partial charge in [-0.3, -0.25) is 9.69 Å². The second-order valence-electron chi connectivity index (χ2n) is 5.42. The van der Waals surface area contributed by atoms with Gasteiger partial charge in [-0.25, -0.2) is 0 Å². The molecule has 21 heavy (non-hydrogen) atoms. The van der Waals surface area contributed by atoms with Crippen molar-refractivity contribution >= 4 is 5.91 Å². The van der Waals surface area contributed by atoms with E-state index in [1.807, 2.05) is 42.3 Å². The van der Waals surface area contributed by atoms with Crippen LogP contribution < -0.4 is 5.32 Å². The highest BCUT2D eigenvalue weighted by Gasteiger charge is 2.06. The Balaban J connectivity index is 1.76. The number of carbonyl (C=O) groups excluding carboxylic acids is 1. The zero-order chi connectivity index (χ0) is 15.1. The van der Waals surface area contributed by atoms with E-state index in [-0.39, 0.29) is 5.91 Å². The highest BCUT2D eigenvalue weighted by molar-refractivity contribution is 5.77. The minimum Gasteiger partial charge on any atom is -0.351 e. The summed E-state index contributed by atoms with van der Waals surface area (Å²) in [5.74, 6) is 0.0509. The summed E-state index contributed by atoms with van der Waals surface area (Å²) < 4.78 is 0. The summed E-state index contributed by atoms with van der Waals surface area (Å²) in [6.07, 6.45) is 0. The lowest BCUT2D eigenvalue weighted by Crippen LogP contribution is -2.34. The van der Waals surface area contributed by atoms with Crippen molar-refractivity contribution in [3.63, 3.8) is 0 Å². The van der Waals surface area contributed by atoms with Crippen molar-refractivity contribution in [1.29, 1.82) is 0 Å². The lowest BCUT2D eigenvalue weighted by molar-refractivity contribution is -0.122. The van der Waals surface area contributed by atoms with Crippen LogP contribution in [-0.4, -0.2) is 24.4 Å². The zero-order valence-electron chi connectivity index (χ0n) is 12.7. The average molecular weight is 282 g/mol. The summed E-state index contributed by atoms with van der Waals surface area (Å²) in [4.78, 5) is 14.0. The molecule has 1 amide bonds. The Labute approximate surface area is 126 Å². The van der Waals surface area contributed by atoms with Crippen LogP contribution in [0.1, 0.15) is 16.7 Å². The van der Waals surface area contributed by atoms with Gasteiger partial charge in [0.1, 0.15) is 0 Å².